The summed E-state index contributed by atoms with van der Waals surface area (Å²) < 4.78 is 19.0. The zero-order chi connectivity index (χ0) is 23.4. The lowest BCUT2D eigenvalue weighted by Crippen LogP contribution is -2.45. The summed E-state index contributed by atoms with van der Waals surface area (Å²) in [7, 11) is 0.634. The molecule has 2 fully saturated rings. The minimum absolute atomic E-state index is 0.0446. The van der Waals surface area contributed by atoms with Gasteiger partial charge in [0.1, 0.15) is 5.76 Å². The number of fused-ring (bicyclic) bond motifs is 5. The summed E-state index contributed by atoms with van der Waals surface area (Å²) in [5.74, 6) is 3.27. The quantitative estimate of drug-likeness (QED) is 0.383. The third-order valence-corrected chi connectivity index (χ3v) is 10.6. The Labute approximate surface area is 200 Å². The van der Waals surface area contributed by atoms with Crippen molar-refractivity contribution in [1.29, 1.82) is 0 Å². The first kappa shape index (κ1) is 22.8. The van der Waals surface area contributed by atoms with Gasteiger partial charge in [0.25, 0.3) is 0 Å². The van der Waals surface area contributed by atoms with Gasteiger partial charge in [0, 0.05) is 16.7 Å². The molecule has 1 aromatic carbocycles. The smallest absolute Gasteiger partial charge is 0.155 e. The minimum Gasteiger partial charge on any atom is -0.500 e. The molecule has 5 rings (SSSR count). The van der Waals surface area contributed by atoms with E-state index in [4.69, 9.17) is 4.74 Å². The average molecular weight is 465 g/mol. The predicted octanol–water partition coefficient (Wildman–Crippen LogP) is 6.39. The molecule has 0 spiro atoms. The van der Waals surface area contributed by atoms with Crippen molar-refractivity contribution < 1.29 is 13.7 Å². The van der Waals surface area contributed by atoms with Gasteiger partial charge in [-0.1, -0.05) is 56.2 Å². The number of benzene rings is 1. The first-order chi connectivity index (χ1) is 15.8. The van der Waals surface area contributed by atoms with Gasteiger partial charge < -0.3 is 4.74 Å². The van der Waals surface area contributed by atoms with Crippen molar-refractivity contribution in [3.05, 3.63) is 65.0 Å². The van der Waals surface area contributed by atoms with Gasteiger partial charge >= 0.3 is 0 Å². The molecule has 176 valence electrons. The van der Waals surface area contributed by atoms with E-state index in [1.807, 2.05) is 36.4 Å². The van der Waals surface area contributed by atoms with E-state index in [1.165, 1.54) is 17.6 Å². The van der Waals surface area contributed by atoms with E-state index >= 15 is 0 Å². The van der Waals surface area contributed by atoms with Gasteiger partial charge in [-0.15, -0.1) is 0 Å². The van der Waals surface area contributed by atoms with Crippen molar-refractivity contribution >= 4 is 16.6 Å². The molecule has 1 aromatic rings. The molecule has 0 aliphatic heterocycles. The summed E-state index contributed by atoms with van der Waals surface area (Å²) in [6, 6.07) is 9.72. The van der Waals surface area contributed by atoms with Crippen LogP contribution >= 0.6 is 0 Å². The summed E-state index contributed by atoms with van der Waals surface area (Å²) >= 11 is 0. The largest absolute Gasteiger partial charge is 0.500 e. The SMILES string of the molecule is COC(CS(=O)c1ccccc1)=C1CC[C@H]2[C@@H]3C[C@H](C)C4=CC(=O)CC[C@]4(C)C3=CC[C@]12C. The first-order valence-corrected chi connectivity index (χ1v) is 13.7. The summed E-state index contributed by atoms with van der Waals surface area (Å²) in [5, 5.41) is 0. The molecular formula is C29H36O3S. The van der Waals surface area contributed by atoms with Crippen LogP contribution in [0.3, 0.4) is 0 Å². The highest BCUT2D eigenvalue weighted by atomic mass is 32.2. The lowest BCUT2D eigenvalue weighted by atomic mass is 9.50. The number of ether oxygens (including phenoxy) is 1. The average Bonchev–Trinajstić information content (AvgIpc) is 3.16. The molecule has 0 amide bonds. The van der Waals surface area contributed by atoms with Gasteiger partial charge in [0.05, 0.1) is 23.7 Å². The minimum atomic E-state index is -1.11. The molecule has 4 aliphatic carbocycles. The molecule has 4 heteroatoms. The second kappa shape index (κ2) is 8.37. The van der Waals surface area contributed by atoms with Crippen molar-refractivity contribution in [2.75, 3.05) is 12.9 Å². The van der Waals surface area contributed by atoms with Crippen LogP contribution in [-0.2, 0) is 20.3 Å². The first-order valence-electron chi connectivity index (χ1n) is 12.4. The summed E-state index contributed by atoms with van der Waals surface area (Å²) in [5.41, 5.74) is 4.45. The van der Waals surface area contributed by atoms with Crippen molar-refractivity contribution in [1.82, 2.24) is 0 Å². The van der Waals surface area contributed by atoms with Gasteiger partial charge in [-0.05, 0) is 79.1 Å². The molecule has 33 heavy (non-hydrogen) atoms. The molecule has 4 aliphatic rings. The highest BCUT2D eigenvalue weighted by molar-refractivity contribution is 7.85. The molecule has 0 bridgehead atoms. The molecule has 6 atom stereocenters. The van der Waals surface area contributed by atoms with Gasteiger partial charge in [0.2, 0.25) is 0 Å². The fourth-order valence-electron chi connectivity index (χ4n) is 7.59. The number of hydrogen-bond donors (Lipinski definition) is 0. The fourth-order valence-corrected chi connectivity index (χ4v) is 8.75. The molecule has 0 aromatic heterocycles. The lowest BCUT2D eigenvalue weighted by molar-refractivity contribution is -0.115. The van der Waals surface area contributed by atoms with Crippen LogP contribution in [0.2, 0.25) is 0 Å². The summed E-state index contributed by atoms with van der Waals surface area (Å²) in [6.07, 6.45) is 10.4. The molecule has 0 N–H and O–H groups in total. The Morgan fingerprint density at radius 2 is 1.91 bits per heavy atom. The Morgan fingerprint density at radius 3 is 2.64 bits per heavy atom. The molecule has 0 radical (unpaired) electrons. The summed E-state index contributed by atoms with van der Waals surface area (Å²) in [4.78, 5) is 13.1. The van der Waals surface area contributed by atoms with Gasteiger partial charge in [-0.2, -0.15) is 0 Å². The topological polar surface area (TPSA) is 43.4 Å². The van der Waals surface area contributed by atoms with E-state index in [9.17, 15) is 9.00 Å². The van der Waals surface area contributed by atoms with Crippen molar-refractivity contribution in [2.45, 2.75) is 64.2 Å². The molecule has 1 unspecified atom stereocenters. The molecule has 0 heterocycles. The number of rotatable bonds is 4. The van der Waals surface area contributed by atoms with Gasteiger partial charge in [0.15, 0.2) is 5.78 Å². The molecule has 0 saturated heterocycles. The van der Waals surface area contributed by atoms with Crippen LogP contribution in [0.1, 0.15) is 59.3 Å². The Hall–Kier alpha value is -1.94. The number of hydrogen-bond acceptors (Lipinski definition) is 3. The van der Waals surface area contributed by atoms with E-state index < -0.39 is 10.8 Å². The van der Waals surface area contributed by atoms with Gasteiger partial charge in [-0.25, -0.2) is 0 Å². The maximum atomic E-state index is 13.1. The van der Waals surface area contributed by atoms with E-state index in [-0.39, 0.29) is 10.8 Å². The van der Waals surface area contributed by atoms with Crippen LogP contribution < -0.4 is 0 Å². The zero-order valence-corrected chi connectivity index (χ0v) is 21.2. The number of carbonyl (C=O) groups excluding carboxylic acids is 1. The Balaban J connectivity index is 1.49. The Morgan fingerprint density at radius 1 is 1.15 bits per heavy atom. The van der Waals surface area contributed by atoms with Gasteiger partial charge in [-0.3, -0.25) is 9.00 Å². The van der Waals surface area contributed by atoms with E-state index in [1.54, 1.807) is 12.7 Å². The van der Waals surface area contributed by atoms with Crippen LogP contribution in [0.25, 0.3) is 0 Å². The number of ketones is 1. The fraction of sp³-hybridized carbons (Fsp3) is 0.552. The second-order valence-electron chi connectivity index (χ2n) is 11.0. The van der Waals surface area contributed by atoms with Crippen LogP contribution in [0.5, 0.6) is 0 Å². The maximum absolute atomic E-state index is 13.1. The summed E-state index contributed by atoms with van der Waals surface area (Å²) in [6.45, 7) is 7.12. The number of carbonyl (C=O) groups is 1. The Bertz CT molecular complexity index is 1080. The third-order valence-electron chi connectivity index (χ3n) is 9.30. The van der Waals surface area contributed by atoms with Crippen molar-refractivity contribution in [3.8, 4) is 0 Å². The van der Waals surface area contributed by atoms with E-state index in [0.717, 1.165) is 36.3 Å². The monoisotopic (exact) mass is 464 g/mol. The normalized spacial score (nSPS) is 37.8. The molecular weight excluding hydrogens is 428 g/mol. The number of allylic oxidation sites excluding steroid dienone is 5. The molecule has 2 saturated carbocycles. The molecule has 3 nitrogen and oxygen atoms in total. The van der Waals surface area contributed by atoms with Crippen molar-refractivity contribution in [3.63, 3.8) is 0 Å². The third kappa shape index (κ3) is 3.60. The van der Waals surface area contributed by atoms with Crippen LogP contribution in [0.15, 0.2) is 69.9 Å². The lowest BCUT2D eigenvalue weighted by Gasteiger charge is -2.54. The second-order valence-corrected chi connectivity index (χ2v) is 12.4. The predicted molar refractivity (Wildman–Crippen MR) is 133 cm³/mol. The van der Waals surface area contributed by atoms with Crippen molar-refractivity contribution in [2.24, 2.45) is 28.6 Å². The standard InChI is InChI=1S/C29H36O3S/c1-19-16-22-23-10-11-25(27(32-4)18-33(31)21-8-6-5-7-9-21)28(23,2)15-13-24(22)29(3)14-12-20(30)17-26(19)29/h5-9,13,17,19,22-23H,10-12,14-16,18H2,1-4H3/t19-,22-,23-,28-,29+,33?/m0/s1. The highest BCUT2D eigenvalue weighted by Gasteiger charge is 2.56. The van der Waals surface area contributed by atoms with Crippen LogP contribution in [-0.4, -0.2) is 22.9 Å². The maximum Gasteiger partial charge on any atom is 0.155 e. The van der Waals surface area contributed by atoms with E-state index in [2.05, 4.69) is 26.8 Å². The Kier molecular flexibility index (Phi) is 5.79. The van der Waals surface area contributed by atoms with Crippen LogP contribution in [0, 0.1) is 28.6 Å². The number of methoxy groups -OCH3 is 1. The van der Waals surface area contributed by atoms with Crippen LogP contribution in [0.4, 0.5) is 0 Å². The highest BCUT2D eigenvalue weighted by Crippen LogP contribution is 2.65. The zero-order valence-electron chi connectivity index (χ0n) is 20.4. The van der Waals surface area contributed by atoms with E-state index in [0.29, 0.717) is 35.7 Å².